The van der Waals surface area contributed by atoms with Gasteiger partial charge < -0.3 is 15.0 Å². The van der Waals surface area contributed by atoms with Crippen molar-refractivity contribution in [2.45, 2.75) is 32.6 Å². The van der Waals surface area contributed by atoms with E-state index in [2.05, 4.69) is 12.1 Å². The minimum atomic E-state index is 0.386. The summed E-state index contributed by atoms with van der Waals surface area (Å²) in [7, 11) is 1.65. The van der Waals surface area contributed by atoms with E-state index in [4.69, 9.17) is 15.0 Å². The van der Waals surface area contributed by atoms with E-state index in [-0.39, 0.29) is 0 Å². The van der Waals surface area contributed by atoms with E-state index in [1.165, 1.54) is 12.8 Å². The van der Waals surface area contributed by atoms with Crippen LogP contribution in [0.4, 0.5) is 5.88 Å². The number of anilines is 1. The van der Waals surface area contributed by atoms with Gasteiger partial charge in [-0.2, -0.15) is 0 Å². The highest BCUT2D eigenvalue weighted by molar-refractivity contribution is 5.75. The molecule has 1 aromatic carbocycles. The molecule has 19 heavy (non-hydrogen) atoms. The highest BCUT2D eigenvalue weighted by Crippen LogP contribution is 2.31. The van der Waals surface area contributed by atoms with Crippen molar-refractivity contribution in [3.05, 3.63) is 30.0 Å². The fourth-order valence-corrected chi connectivity index (χ4v) is 2.12. The van der Waals surface area contributed by atoms with Gasteiger partial charge in [0, 0.05) is 0 Å². The largest absolute Gasteiger partial charge is 0.497 e. The molecule has 0 aliphatic rings. The van der Waals surface area contributed by atoms with Gasteiger partial charge in [0.25, 0.3) is 0 Å². The molecule has 0 bridgehead atoms. The number of methoxy groups -OCH3 is 1. The molecule has 4 nitrogen and oxygen atoms in total. The predicted octanol–water partition coefficient (Wildman–Crippen LogP) is 3.67. The van der Waals surface area contributed by atoms with E-state index >= 15 is 0 Å². The SMILES string of the molecule is CCCCCc1noc(N)c1-c1ccc(OC)cc1. The fourth-order valence-electron chi connectivity index (χ4n) is 2.12. The number of nitrogens with two attached hydrogens (primary N) is 1. The summed E-state index contributed by atoms with van der Waals surface area (Å²) in [6.45, 7) is 2.18. The van der Waals surface area contributed by atoms with Crippen molar-refractivity contribution in [2.75, 3.05) is 12.8 Å². The topological polar surface area (TPSA) is 61.3 Å². The highest BCUT2D eigenvalue weighted by Gasteiger charge is 2.15. The molecular formula is C15H20N2O2. The zero-order valence-corrected chi connectivity index (χ0v) is 11.5. The molecule has 0 saturated carbocycles. The first-order chi connectivity index (χ1) is 9.26. The maximum absolute atomic E-state index is 5.89. The van der Waals surface area contributed by atoms with E-state index < -0.39 is 0 Å². The third-order valence-corrected chi connectivity index (χ3v) is 3.18. The molecule has 2 N–H and O–H groups in total. The van der Waals surface area contributed by atoms with Crippen LogP contribution in [0.3, 0.4) is 0 Å². The number of rotatable bonds is 6. The van der Waals surface area contributed by atoms with Gasteiger partial charge in [-0.25, -0.2) is 0 Å². The van der Waals surface area contributed by atoms with Crippen LogP contribution < -0.4 is 10.5 Å². The number of hydrogen-bond acceptors (Lipinski definition) is 4. The van der Waals surface area contributed by atoms with Crippen LogP contribution in [-0.2, 0) is 6.42 Å². The van der Waals surface area contributed by atoms with Crippen molar-refractivity contribution in [2.24, 2.45) is 0 Å². The minimum absolute atomic E-state index is 0.386. The number of aromatic nitrogens is 1. The second-order valence-corrected chi connectivity index (χ2v) is 4.55. The molecule has 0 amide bonds. The Balaban J connectivity index is 2.24. The van der Waals surface area contributed by atoms with Gasteiger partial charge >= 0.3 is 0 Å². The molecule has 1 aromatic heterocycles. The second-order valence-electron chi connectivity index (χ2n) is 4.55. The molecule has 0 fully saturated rings. The van der Waals surface area contributed by atoms with Gasteiger partial charge in [0.1, 0.15) is 5.75 Å². The van der Waals surface area contributed by atoms with Crippen molar-refractivity contribution >= 4 is 5.88 Å². The number of hydrogen-bond donors (Lipinski definition) is 1. The van der Waals surface area contributed by atoms with Crippen LogP contribution in [0, 0.1) is 0 Å². The van der Waals surface area contributed by atoms with Crippen molar-refractivity contribution in [1.82, 2.24) is 5.16 Å². The molecule has 0 aliphatic heterocycles. The van der Waals surface area contributed by atoms with Crippen LogP contribution in [0.25, 0.3) is 11.1 Å². The Kier molecular flexibility index (Phi) is 4.44. The second kappa shape index (κ2) is 6.27. The van der Waals surface area contributed by atoms with Crippen molar-refractivity contribution < 1.29 is 9.26 Å². The van der Waals surface area contributed by atoms with Crippen LogP contribution in [-0.4, -0.2) is 12.3 Å². The Morgan fingerprint density at radius 1 is 1.21 bits per heavy atom. The van der Waals surface area contributed by atoms with Gasteiger partial charge in [-0.3, -0.25) is 0 Å². The van der Waals surface area contributed by atoms with Crippen LogP contribution >= 0.6 is 0 Å². The number of aryl methyl sites for hydroxylation is 1. The number of ether oxygens (including phenoxy) is 1. The first-order valence-electron chi connectivity index (χ1n) is 6.64. The van der Waals surface area contributed by atoms with E-state index in [9.17, 15) is 0 Å². The number of nitrogen functional groups attached to an aromatic ring is 1. The third-order valence-electron chi connectivity index (χ3n) is 3.18. The van der Waals surface area contributed by atoms with Crippen LogP contribution in [0.5, 0.6) is 5.75 Å². The molecule has 2 aromatic rings. The summed E-state index contributed by atoms with van der Waals surface area (Å²) in [5.74, 6) is 1.21. The molecule has 4 heteroatoms. The summed E-state index contributed by atoms with van der Waals surface area (Å²) in [4.78, 5) is 0. The van der Waals surface area contributed by atoms with Crippen LogP contribution in [0.15, 0.2) is 28.8 Å². The van der Waals surface area contributed by atoms with Gasteiger partial charge in [-0.05, 0) is 30.5 Å². The van der Waals surface area contributed by atoms with Crippen molar-refractivity contribution in [3.8, 4) is 16.9 Å². The lowest BCUT2D eigenvalue weighted by Gasteiger charge is -2.04. The summed E-state index contributed by atoms with van der Waals surface area (Å²) in [6, 6.07) is 7.78. The monoisotopic (exact) mass is 260 g/mol. The number of unbranched alkanes of at least 4 members (excludes halogenated alkanes) is 2. The van der Waals surface area contributed by atoms with E-state index in [1.54, 1.807) is 7.11 Å². The number of nitrogens with zero attached hydrogens (tertiary/aromatic N) is 1. The predicted molar refractivity (Wildman–Crippen MR) is 76.1 cm³/mol. The normalized spacial score (nSPS) is 10.6. The maximum Gasteiger partial charge on any atom is 0.230 e. The van der Waals surface area contributed by atoms with E-state index in [1.807, 2.05) is 24.3 Å². The molecule has 0 radical (unpaired) electrons. The van der Waals surface area contributed by atoms with Crippen LogP contribution in [0.1, 0.15) is 31.9 Å². The summed E-state index contributed by atoms with van der Waals surface area (Å²) < 4.78 is 10.3. The first kappa shape index (κ1) is 13.5. The van der Waals surface area contributed by atoms with Gasteiger partial charge in [-0.1, -0.05) is 37.1 Å². The Morgan fingerprint density at radius 3 is 2.58 bits per heavy atom. The lowest BCUT2D eigenvalue weighted by molar-refractivity contribution is 0.415. The summed E-state index contributed by atoms with van der Waals surface area (Å²) in [5, 5.41) is 4.08. The zero-order valence-electron chi connectivity index (χ0n) is 11.5. The average Bonchev–Trinajstić information content (AvgIpc) is 2.80. The van der Waals surface area contributed by atoms with Crippen molar-refractivity contribution in [1.29, 1.82) is 0 Å². The quantitative estimate of drug-likeness (QED) is 0.805. The molecule has 0 unspecified atom stereocenters. The van der Waals surface area contributed by atoms with Gasteiger partial charge in [-0.15, -0.1) is 0 Å². The Morgan fingerprint density at radius 2 is 1.95 bits per heavy atom. The molecular weight excluding hydrogens is 240 g/mol. The Hall–Kier alpha value is -1.97. The van der Waals surface area contributed by atoms with Gasteiger partial charge in [0.2, 0.25) is 5.88 Å². The average molecular weight is 260 g/mol. The fraction of sp³-hybridized carbons (Fsp3) is 0.400. The minimum Gasteiger partial charge on any atom is -0.497 e. The van der Waals surface area contributed by atoms with Crippen molar-refractivity contribution in [3.63, 3.8) is 0 Å². The molecule has 2 rings (SSSR count). The Bertz CT molecular complexity index is 517. The third kappa shape index (κ3) is 3.08. The summed E-state index contributed by atoms with van der Waals surface area (Å²) >= 11 is 0. The zero-order chi connectivity index (χ0) is 13.7. The highest BCUT2D eigenvalue weighted by atomic mass is 16.5. The molecule has 102 valence electrons. The lowest BCUT2D eigenvalue weighted by Crippen LogP contribution is -1.92. The lowest BCUT2D eigenvalue weighted by atomic mass is 10.0. The first-order valence-corrected chi connectivity index (χ1v) is 6.64. The molecule has 0 saturated heterocycles. The van der Waals surface area contributed by atoms with Gasteiger partial charge in [0.05, 0.1) is 18.4 Å². The molecule has 0 atom stereocenters. The number of benzene rings is 1. The van der Waals surface area contributed by atoms with E-state index in [0.29, 0.717) is 5.88 Å². The maximum atomic E-state index is 5.89. The van der Waals surface area contributed by atoms with Gasteiger partial charge in [0.15, 0.2) is 0 Å². The van der Waals surface area contributed by atoms with E-state index in [0.717, 1.165) is 35.4 Å². The van der Waals surface area contributed by atoms with Crippen LogP contribution in [0.2, 0.25) is 0 Å². The smallest absolute Gasteiger partial charge is 0.230 e. The molecule has 0 aliphatic carbocycles. The molecule has 1 heterocycles. The standard InChI is InChI=1S/C15H20N2O2/c1-3-4-5-6-13-14(15(16)19-17-13)11-7-9-12(18-2)10-8-11/h7-10H,3-6,16H2,1-2H3. The molecule has 0 spiro atoms. The Labute approximate surface area is 113 Å². The summed E-state index contributed by atoms with van der Waals surface area (Å²) in [6.07, 6.45) is 4.38. The summed E-state index contributed by atoms with van der Waals surface area (Å²) in [5.41, 5.74) is 8.76.